The molecule has 0 heterocycles. The predicted molar refractivity (Wildman–Crippen MR) is 221 cm³/mol. The monoisotopic (exact) mass is 892 g/mol. The van der Waals surface area contributed by atoms with Crippen LogP contribution in [0.5, 0.6) is 23.0 Å². The van der Waals surface area contributed by atoms with Gasteiger partial charge >= 0.3 is 11.9 Å². The zero-order valence-corrected chi connectivity index (χ0v) is 35.3. The van der Waals surface area contributed by atoms with Gasteiger partial charge in [-0.2, -0.15) is 0 Å². The molecule has 0 aromatic heterocycles. The fourth-order valence-corrected chi connectivity index (χ4v) is 5.75. The first-order valence-electron chi connectivity index (χ1n) is 16.7. The first kappa shape index (κ1) is 48.9. The van der Waals surface area contributed by atoms with Crippen LogP contribution in [0, 0.1) is 0 Å². The van der Waals surface area contributed by atoms with Gasteiger partial charge in [-0.3, -0.25) is 0 Å². The lowest BCUT2D eigenvalue weighted by Gasteiger charge is -2.19. The Kier molecular flexibility index (Phi) is 20.5. The highest BCUT2D eigenvalue weighted by atomic mass is 79.9. The Morgan fingerprint density at radius 1 is 0.636 bits per heavy atom. The molecule has 4 rings (SSSR count). The molecule has 11 nitrogen and oxygen atoms in total. The molecule has 4 aromatic rings. The Labute approximate surface area is 341 Å². The molecule has 0 unspecified atom stereocenters. The van der Waals surface area contributed by atoms with Crippen LogP contribution in [-0.2, 0) is 38.3 Å². The average molecular weight is 895 g/mol. The van der Waals surface area contributed by atoms with Crippen molar-refractivity contribution in [2.45, 2.75) is 73.0 Å². The number of hydrogen-bond acceptors (Lipinski definition) is 10. The average Bonchev–Trinajstić information content (AvgIpc) is 3.13. The normalized spacial score (nSPS) is 10.8. The van der Waals surface area contributed by atoms with Gasteiger partial charge in [0.25, 0.3) is 0 Å². The fourth-order valence-electron chi connectivity index (χ4n) is 4.74. The van der Waals surface area contributed by atoms with Gasteiger partial charge in [0, 0.05) is 41.4 Å². The maximum atomic E-state index is 12.4. The minimum absolute atomic E-state index is 0. The highest BCUT2D eigenvalue weighted by molar-refractivity contribution is 9.10. The number of halogens is 2. The minimum atomic E-state index is -1.18. The van der Waals surface area contributed by atoms with Gasteiger partial charge in [-0.25, -0.2) is 9.59 Å². The molecule has 4 aromatic carbocycles. The van der Waals surface area contributed by atoms with Crippen molar-refractivity contribution >= 4 is 43.8 Å². The summed E-state index contributed by atoms with van der Waals surface area (Å²) in [6.07, 6.45) is 0. The number of methoxy groups -OCH3 is 2. The third kappa shape index (κ3) is 15.5. The van der Waals surface area contributed by atoms with Crippen LogP contribution >= 0.6 is 31.9 Å². The summed E-state index contributed by atoms with van der Waals surface area (Å²) in [4.78, 5) is 23.5. The second-order valence-corrected chi connectivity index (χ2v) is 15.6. The third-order valence-electron chi connectivity index (χ3n) is 7.59. The van der Waals surface area contributed by atoms with Gasteiger partial charge in [-0.05, 0) is 70.5 Å². The first-order chi connectivity index (χ1) is 25.4. The minimum Gasteiger partial charge on any atom is -0.507 e. The van der Waals surface area contributed by atoms with Crippen molar-refractivity contribution in [3.63, 3.8) is 0 Å². The van der Waals surface area contributed by atoms with Crippen LogP contribution in [-0.4, -0.2) is 62.2 Å². The molecule has 3 N–H and O–H groups in total. The van der Waals surface area contributed by atoms with E-state index in [-0.39, 0.29) is 61.9 Å². The number of hydrogen-bond donors (Lipinski definition) is 3. The molecule has 0 aliphatic rings. The molecule has 0 radical (unpaired) electrons. The van der Waals surface area contributed by atoms with Crippen LogP contribution in [0.3, 0.4) is 0 Å². The molecule has 302 valence electrons. The molecule has 0 bridgehead atoms. The largest absolute Gasteiger partial charge is 0.507 e. The summed E-state index contributed by atoms with van der Waals surface area (Å²) in [5.41, 5.74) is 3.76. The quantitative estimate of drug-likeness (QED) is 0.0870. The first-order valence-corrected chi connectivity index (χ1v) is 18.3. The number of ether oxygens (including phenoxy) is 6. The van der Waals surface area contributed by atoms with Gasteiger partial charge in [0.1, 0.15) is 47.3 Å². The lowest BCUT2D eigenvalue weighted by Crippen LogP contribution is -2.13. The van der Waals surface area contributed by atoms with Gasteiger partial charge in [0.05, 0.1) is 0 Å². The van der Waals surface area contributed by atoms with Crippen LogP contribution in [0.25, 0.3) is 0 Å². The summed E-state index contributed by atoms with van der Waals surface area (Å²) in [5, 5.41) is 26.1. The van der Waals surface area contributed by atoms with E-state index in [1.54, 1.807) is 12.1 Å². The van der Waals surface area contributed by atoms with E-state index in [1.165, 1.54) is 31.4 Å². The fraction of sp³-hybridized carbons (Fsp3) is 0.381. The number of aliphatic hydroxyl groups is 1. The second-order valence-electron chi connectivity index (χ2n) is 13.7. The lowest BCUT2D eigenvalue weighted by molar-refractivity contribution is -0.0133. The predicted octanol–water partition coefficient (Wildman–Crippen LogP) is 10.0. The van der Waals surface area contributed by atoms with E-state index in [4.69, 9.17) is 38.6 Å². The van der Waals surface area contributed by atoms with Crippen LogP contribution in [0.15, 0.2) is 81.7 Å². The molecule has 0 amide bonds. The summed E-state index contributed by atoms with van der Waals surface area (Å²) >= 11 is 6.67. The molecule has 0 aliphatic carbocycles. The molecular formula is C42H54Br2O11. The number of aromatic carboxylic acids is 1. The van der Waals surface area contributed by atoms with Crippen molar-refractivity contribution in [1.82, 2.24) is 0 Å². The molecule has 0 saturated heterocycles. The lowest BCUT2D eigenvalue weighted by atomic mass is 9.87. The summed E-state index contributed by atoms with van der Waals surface area (Å²) in [6, 6.07) is 22.2. The maximum absolute atomic E-state index is 12.4. The van der Waals surface area contributed by atoms with E-state index in [1.807, 2.05) is 54.6 Å². The van der Waals surface area contributed by atoms with Crippen LogP contribution < -0.4 is 14.2 Å². The SMILES string of the molecule is C.CC(C)(C)c1ccc(OCc2cc(Br)cc(C(=O)O)c2O)cc1.CO.COCOC(=O)c1cc(Br)cc(COc2ccc(C(C)(C)C)cc2)c1OCOC. The highest BCUT2D eigenvalue weighted by Gasteiger charge is 2.21. The van der Waals surface area contributed by atoms with Gasteiger partial charge < -0.3 is 43.7 Å². The number of carboxylic acids is 1. The van der Waals surface area contributed by atoms with E-state index in [0.29, 0.717) is 31.6 Å². The Balaban J connectivity index is 0.000000529. The van der Waals surface area contributed by atoms with E-state index < -0.39 is 11.9 Å². The molecule has 0 fully saturated rings. The molecule has 55 heavy (non-hydrogen) atoms. The number of phenols is 1. The molecular weight excluding hydrogens is 840 g/mol. The topological polar surface area (TPSA) is 150 Å². The van der Waals surface area contributed by atoms with Gasteiger partial charge in [0.2, 0.25) is 0 Å². The van der Waals surface area contributed by atoms with Crippen LogP contribution in [0.1, 0.15) is 91.9 Å². The Hall–Kier alpha value is -4.14. The number of benzene rings is 4. The number of aromatic hydroxyl groups is 1. The van der Waals surface area contributed by atoms with E-state index in [0.717, 1.165) is 12.9 Å². The zero-order valence-electron chi connectivity index (χ0n) is 32.1. The second kappa shape index (κ2) is 23.1. The van der Waals surface area contributed by atoms with Crippen molar-refractivity contribution in [3.8, 4) is 23.0 Å². The number of carboxylic acid groups (broad SMARTS) is 1. The number of rotatable bonds is 13. The highest BCUT2D eigenvalue weighted by Crippen LogP contribution is 2.32. The smallest absolute Gasteiger partial charge is 0.344 e. The zero-order chi connectivity index (χ0) is 40.6. The van der Waals surface area contributed by atoms with Crippen molar-refractivity contribution in [1.29, 1.82) is 0 Å². The molecule has 0 spiro atoms. The van der Waals surface area contributed by atoms with E-state index >= 15 is 0 Å². The van der Waals surface area contributed by atoms with E-state index in [2.05, 4.69) is 73.4 Å². The number of carbonyl (C=O) groups excluding carboxylic acids is 1. The van der Waals surface area contributed by atoms with Crippen LogP contribution in [0.4, 0.5) is 0 Å². The molecule has 0 saturated carbocycles. The summed E-state index contributed by atoms with van der Waals surface area (Å²) in [7, 11) is 3.95. The van der Waals surface area contributed by atoms with Crippen molar-refractivity contribution < 1.29 is 53.3 Å². The van der Waals surface area contributed by atoms with Crippen molar-refractivity contribution in [3.05, 3.63) is 115 Å². The maximum Gasteiger partial charge on any atom is 0.344 e. The van der Waals surface area contributed by atoms with Gasteiger partial charge in [0.15, 0.2) is 13.6 Å². The third-order valence-corrected chi connectivity index (χ3v) is 8.51. The summed E-state index contributed by atoms with van der Waals surface area (Å²) < 4.78 is 33.4. The van der Waals surface area contributed by atoms with Crippen molar-refractivity contribution in [2.75, 3.05) is 34.9 Å². The Morgan fingerprint density at radius 2 is 1.05 bits per heavy atom. The van der Waals surface area contributed by atoms with Crippen molar-refractivity contribution in [2.24, 2.45) is 0 Å². The molecule has 0 atom stereocenters. The molecule has 0 aliphatic heterocycles. The summed E-state index contributed by atoms with van der Waals surface area (Å²) in [5.74, 6) is -0.280. The van der Waals surface area contributed by atoms with E-state index in [9.17, 15) is 14.7 Å². The standard InChI is InChI=1S/C22H27BrO6.C18H19BrO4.CH4O.CH4/c1-22(2,3)16-6-8-18(9-7-16)27-12-15-10-17(23)11-19(20(15)28-13-25-4)21(24)29-14-26-5;1-18(2,3)12-4-6-14(7-5-12)23-10-11-8-13(19)9-15(16(11)20)17(21)22;1-2;/h6-11H,12-14H2,1-5H3;4-9,20H,10H2,1-3H3,(H,21,22);2H,1H3;1H4. The Morgan fingerprint density at radius 3 is 1.47 bits per heavy atom. The van der Waals surface area contributed by atoms with Gasteiger partial charge in [-0.1, -0.05) is 105 Å². The Bertz CT molecular complexity index is 1800. The number of aliphatic hydroxyl groups excluding tert-OH is 1. The molecule has 13 heteroatoms. The van der Waals surface area contributed by atoms with Crippen LogP contribution in [0.2, 0.25) is 0 Å². The van der Waals surface area contributed by atoms with Gasteiger partial charge in [-0.15, -0.1) is 0 Å². The number of esters is 1. The summed E-state index contributed by atoms with van der Waals surface area (Å²) in [6.45, 7) is 13.0. The number of carbonyl (C=O) groups is 2.